The Hall–Kier alpha value is -1.40. The SMILES string of the molecule is O=C([O-])C1CSC(c2ccc3c(c2)OCCO3)[NH2+]1. The Labute approximate surface area is 108 Å². The molecule has 2 N–H and O–H groups in total. The zero-order valence-corrected chi connectivity index (χ0v) is 10.4. The maximum absolute atomic E-state index is 10.8. The minimum Gasteiger partial charge on any atom is -0.544 e. The van der Waals surface area contributed by atoms with E-state index in [1.165, 1.54) is 0 Å². The van der Waals surface area contributed by atoms with Crippen molar-refractivity contribution >= 4 is 17.7 Å². The first-order valence-corrected chi connectivity index (χ1v) is 6.86. The molecule has 1 aromatic carbocycles. The van der Waals surface area contributed by atoms with Crippen LogP contribution in [0.5, 0.6) is 11.5 Å². The molecule has 5 nitrogen and oxygen atoms in total. The summed E-state index contributed by atoms with van der Waals surface area (Å²) >= 11 is 1.61. The number of carbonyl (C=O) groups excluding carboxylic acids is 1. The van der Waals surface area contributed by atoms with E-state index < -0.39 is 12.0 Å². The van der Waals surface area contributed by atoms with Crippen molar-refractivity contribution in [1.82, 2.24) is 0 Å². The summed E-state index contributed by atoms with van der Waals surface area (Å²) in [6.45, 7) is 1.13. The monoisotopic (exact) mass is 267 g/mol. The number of aliphatic carboxylic acids is 1. The summed E-state index contributed by atoms with van der Waals surface area (Å²) in [6.07, 6.45) is 0. The number of quaternary nitrogens is 1. The first-order chi connectivity index (χ1) is 8.74. The highest BCUT2D eigenvalue weighted by molar-refractivity contribution is 7.99. The van der Waals surface area contributed by atoms with E-state index in [4.69, 9.17) is 9.47 Å². The second kappa shape index (κ2) is 4.70. The van der Waals surface area contributed by atoms with Gasteiger partial charge < -0.3 is 24.7 Å². The minimum atomic E-state index is -0.998. The molecule has 96 valence electrons. The summed E-state index contributed by atoms with van der Waals surface area (Å²) in [4.78, 5) is 10.8. The van der Waals surface area contributed by atoms with Crippen LogP contribution in [0.15, 0.2) is 18.2 Å². The van der Waals surface area contributed by atoms with E-state index in [0.29, 0.717) is 19.0 Å². The fraction of sp³-hybridized carbons (Fsp3) is 0.417. The summed E-state index contributed by atoms with van der Waals surface area (Å²) in [5.41, 5.74) is 1.05. The Bertz CT molecular complexity index is 479. The van der Waals surface area contributed by atoms with Crippen LogP contribution in [-0.2, 0) is 4.79 Å². The smallest absolute Gasteiger partial charge is 0.161 e. The standard InChI is InChI=1S/C12H13NO4S/c14-12(15)8-6-18-11(13-8)7-1-2-9-10(5-7)17-4-3-16-9/h1-2,5,8,11,13H,3-4,6H2,(H,14,15). The second-order valence-electron chi connectivity index (χ2n) is 4.28. The maximum Gasteiger partial charge on any atom is 0.161 e. The van der Waals surface area contributed by atoms with Crippen LogP contribution in [0.2, 0.25) is 0 Å². The Kier molecular flexibility index (Phi) is 3.05. The zero-order chi connectivity index (χ0) is 12.5. The number of hydrogen-bond donors (Lipinski definition) is 1. The van der Waals surface area contributed by atoms with Gasteiger partial charge in [-0.15, -0.1) is 0 Å². The van der Waals surface area contributed by atoms with Crippen molar-refractivity contribution in [2.45, 2.75) is 11.4 Å². The molecule has 2 heterocycles. The number of carboxylic acid groups (broad SMARTS) is 1. The molecule has 2 atom stereocenters. The van der Waals surface area contributed by atoms with Gasteiger partial charge in [0.15, 0.2) is 16.9 Å². The van der Waals surface area contributed by atoms with E-state index >= 15 is 0 Å². The van der Waals surface area contributed by atoms with Crippen LogP contribution in [0.25, 0.3) is 0 Å². The van der Waals surface area contributed by atoms with Crippen LogP contribution >= 0.6 is 11.8 Å². The van der Waals surface area contributed by atoms with Gasteiger partial charge in [0.2, 0.25) is 0 Å². The lowest BCUT2D eigenvalue weighted by atomic mass is 10.2. The topological polar surface area (TPSA) is 75.2 Å². The molecule has 0 saturated carbocycles. The Morgan fingerprint density at radius 2 is 2.11 bits per heavy atom. The Morgan fingerprint density at radius 1 is 1.33 bits per heavy atom. The minimum absolute atomic E-state index is 0.0868. The van der Waals surface area contributed by atoms with Gasteiger partial charge in [0.1, 0.15) is 25.2 Å². The number of nitrogens with two attached hydrogens (primary N) is 1. The third kappa shape index (κ3) is 2.13. The van der Waals surface area contributed by atoms with Crippen molar-refractivity contribution in [2.75, 3.05) is 19.0 Å². The van der Waals surface area contributed by atoms with Gasteiger partial charge in [0.25, 0.3) is 0 Å². The molecular weight excluding hydrogens is 254 g/mol. The summed E-state index contributed by atoms with van der Waals surface area (Å²) in [5.74, 6) is 1.07. The van der Waals surface area contributed by atoms with E-state index in [1.807, 2.05) is 23.5 Å². The number of carbonyl (C=O) groups is 1. The van der Waals surface area contributed by atoms with Crippen LogP contribution in [0, 0.1) is 0 Å². The van der Waals surface area contributed by atoms with Gasteiger partial charge in [-0.3, -0.25) is 0 Å². The molecule has 2 aliphatic heterocycles. The fourth-order valence-corrected chi connectivity index (χ4v) is 3.42. The fourth-order valence-electron chi connectivity index (χ4n) is 2.12. The molecule has 1 aromatic rings. The average molecular weight is 267 g/mol. The molecule has 18 heavy (non-hydrogen) atoms. The molecule has 1 saturated heterocycles. The third-order valence-corrected chi connectivity index (χ3v) is 4.40. The van der Waals surface area contributed by atoms with Gasteiger partial charge in [0, 0.05) is 5.56 Å². The van der Waals surface area contributed by atoms with Crippen LogP contribution < -0.4 is 19.9 Å². The molecule has 0 radical (unpaired) electrons. The largest absolute Gasteiger partial charge is 0.544 e. The number of ether oxygens (including phenoxy) is 2. The second-order valence-corrected chi connectivity index (χ2v) is 5.45. The van der Waals surface area contributed by atoms with Crippen LogP contribution in [0.4, 0.5) is 0 Å². The van der Waals surface area contributed by atoms with E-state index in [1.54, 1.807) is 11.8 Å². The molecule has 2 aliphatic rings. The molecule has 0 bridgehead atoms. The number of carboxylic acids is 1. The lowest BCUT2D eigenvalue weighted by Crippen LogP contribution is -2.90. The molecule has 0 aliphatic carbocycles. The van der Waals surface area contributed by atoms with E-state index in [-0.39, 0.29) is 5.37 Å². The molecule has 0 amide bonds. The first kappa shape index (κ1) is 11.7. The van der Waals surface area contributed by atoms with E-state index in [2.05, 4.69) is 0 Å². The summed E-state index contributed by atoms with van der Waals surface area (Å²) in [6, 6.07) is 5.30. The van der Waals surface area contributed by atoms with Gasteiger partial charge in [-0.2, -0.15) is 0 Å². The van der Waals surface area contributed by atoms with Crippen molar-refractivity contribution in [3.8, 4) is 11.5 Å². The van der Waals surface area contributed by atoms with Gasteiger partial charge in [-0.25, -0.2) is 0 Å². The number of thioether (sulfide) groups is 1. The number of rotatable bonds is 2. The molecule has 3 rings (SSSR count). The lowest BCUT2D eigenvalue weighted by Gasteiger charge is -2.19. The van der Waals surface area contributed by atoms with Gasteiger partial charge >= 0.3 is 0 Å². The highest BCUT2D eigenvalue weighted by atomic mass is 32.2. The molecule has 1 fully saturated rings. The van der Waals surface area contributed by atoms with Crippen molar-refractivity contribution in [3.63, 3.8) is 0 Å². The molecule has 6 heteroatoms. The quantitative estimate of drug-likeness (QED) is 0.735. The number of hydrogen-bond acceptors (Lipinski definition) is 5. The molecular formula is C12H13NO4S. The van der Waals surface area contributed by atoms with Gasteiger partial charge in [-0.1, -0.05) is 11.8 Å². The van der Waals surface area contributed by atoms with Crippen LogP contribution in [-0.4, -0.2) is 31.0 Å². The summed E-state index contributed by atoms with van der Waals surface area (Å²) in [5, 5.41) is 12.7. The van der Waals surface area contributed by atoms with Crippen molar-refractivity contribution < 1.29 is 24.7 Å². The van der Waals surface area contributed by atoms with Crippen molar-refractivity contribution in [3.05, 3.63) is 23.8 Å². The predicted molar refractivity (Wildman–Crippen MR) is 63.4 cm³/mol. The Balaban J connectivity index is 1.79. The van der Waals surface area contributed by atoms with Gasteiger partial charge in [0.05, 0.1) is 5.75 Å². The number of benzene rings is 1. The van der Waals surface area contributed by atoms with E-state index in [0.717, 1.165) is 17.1 Å². The maximum atomic E-state index is 10.8. The van der Waals surface area contributed by atoms with E-state index in [9.17, 15) is 9.90 Å². The third-order valence-electron chi connectivity index (χ3n) is 3.06. The highest BCUT2D eigenvalue weighted by Gasteiger charge is 2.31. The normalized spacial score (nSPS) is 26.0. The van der Waals surface area contributed by atoms with Crippen molar-refractivity contribution in [2.24, 2.45) is 0 Å². The van der Waals surface area contributed by atoms with Crippen LogP contribution in [0.1, 0.15) is 10.9 Å². The highest BCUT2D eigenvalue weighted by Crippen LogP contribution is 2.35. The lowest BCUT2D eigenvalue weighted by molar-refractivity contribution is -0.690. The summed E-state index contributed by atoms with van der Waals surface area (Å²) < 4.78 is 11.0. The summed E-state index contributed by atoms with van der Waals surface area (Å²) in [7, 11) is 0. The zero-order valence-electron chi connectivity index (χ0n) is 9.63. The predicted octanol–water partition coefficient (Wildman–Crippen LogP) is -1.11. The van der Waals surface area contributed by atoms with Crippen molar-refractivity contribution in [1.29, 1.82) is 0 Å². The molecule has 0 aromatic heterocycles. The number of fused-ring (bicyclic) bond motifs is 1. The van der Waals surface area contributed by atoms with Crippen LogP contribution in [0.3, 0.4) is 0 Å². The first-order valence-electron chi connectivity index (χ1n) is 5.81. The Morgan fingerprint density at radius 3 is 2.83 bits per heavy atom. The average Bonchev–Trinajstić information content (AvgIpc) is 2.88. The molecule has 0 spiro atoms. The van der Waals surface area contributed by atoms with Gasteiger partial charge in [-0.05, 0) is 18.2 Å². The molecule has 2 unspecified atom stereocenters.